The Morgan fingerprint density at radius 3 is 1.04 bits per heavy atom. The minimum atomic E-state index is -2.66. The molecule has 0 bridgehead atoms. The molecule has 0 unspecified atom stereocenters. The molecule has 0 N–H and O–H groups in total. The summed E-state index contributed by atoms with van der Waals surface area (Å²) in [7, 11) is -2.66. The Hall–Kier alpha value is -10.5. The van der Waals surface area contributed by atoms with E-state index in [4.69, 9.17) is 0 Å². The highest BCUT2D eigenvalue weighted by atomic mass is 28.3. The smallest absolute Gasteiger partial charge is 0.179 e. The third-order valence-electron chi connectivity index (χ3n) is 17.2. The summed E-state index contributed by atoms with van der Waals surface area (Å²) < 4.78 is 4.83. The average Bonchev–Trinajstić information content (AvgIpc) is 2.44. The Morgan fingerprint density at radius 2 is 0.561 bits per heavy atom. The lowest BCUT2D eigenvalue weighted by atomic mass is 9.98. The van der Waals surface area contributed by atoms with Gasteiger partial charge in [-0.1, -0.05) is 231 Å². The van der Waals surface area contributed by atoms with E-state index in [0.717, 1.165) is 22.7 Å². The predicted molar refractivity (Wildman–Crippen MR) is 350 cm³/mol. The Balaban J connectivity index is 0.785. The van der Waals surface area contributed by atoms with Crippen LogP contribution < -0.4 is 25.6 Å². The van der Waals surface area contributed by atoms with Crippen molar-refractivity contribution in [3.05, 3.63) is 322 Å². The van der Waals surface area contributed by atoms with Crippen LogP contribution in [0.5, 0.6) is 0 Å². The van der Waals surface area contributed by atoms with Crippen molar-refractivity contribution in [3.8, 4) is 39.1 Å². The molecule has 384 valence electrons. The van der Waals surface area contributed by atoms with Gasteiger partial charge in [-0.3, -0.25) is 0 Å². The fraction of sp³-hybridized carbons (Fsp3) is 0. The number of para-hydroxylation sites is 4. The summed E-state index contributed by atoms with van der Waals surface area (Å²) in [6, 6.07) is 119. The molecule has 4 heteroatoms. The van der Waals surface area contributed by atoms with Gasteiger partial charge in [-0.25, -0.2) is 0 Å². The summed E-state index contributed by atoms with van der Waals surface area (Å²) in [5, 5.41) is 13.1. The summed E-state index contributed by atoms with van der Waals surface area (Å²) in [6.45, 7) is 0. The quantitative estimate of drug-likeness (QED) is 0.0929. The van der Waals surface area contributed by atoms with Crippen LogP contribution in [0.4, 0.5) is 17.1 Å². The van der Waals surface area contributed by atoms with Gasteiger partial charge in [-0.15, -0.1) is 0 Å². The van der Waals surface area contributed by atoms with Gasteiger partial charge in [0.05, 0.1) is 27.6 Å². The maximum absolute atomic E-state index is 2.66. The lowest BCUT2D eigenvalue weighted by Gasteiger charge is -2.34. The van der Waals surface area contributed by atoms with Gasteiger partial charge >= 0.3 is 0 Å². The molecule has 0 amide bonds. The van der Waals surface area contributed by atoms with E-state index in [9.17, 15) is 0 Å². The number of hydrogen-bond acceptors (Lipinski definition) is 1. The zero-order valence-electron chi connectivity index (χ0n) is 44.9. The number of nitrogens with zero attached hydrogens (tertiary/aromatic N) is 3. The van der Waals surface area contributed by atoms with E-state index < -0.39 is 8.07 Å². The molecular formula is C78H53N3Si. The van der Waals surface area contributed by atoms with Gasteiger partial charge in [0, 0.05) is 55.1 Å². The molecule has 16 aromatic rings. The molecule has 0 saturated heterocycles. The zero-order valence-corrected chi connectivity index (χ0v) is 45.9. The van der Waals surface area contributed by atoms with Crippen LogP contribution in [0.1, 0.15) is 0 Å². The molecule has 3 aromatic heterocycles. The average molecular weight is 1060 g/mol. The Morgan fingerprint density at radius 1 is 0.232 bits per heavy atom. The monoisotopic (exact) mass is 1060 g/mol. The third kappa shape index (κ3) is 7.57. The molecule has 3 heterocycles. The number of fused-ring (bicyclic) bond motifs is 9. The van der Waals surface area contributed by atoms with Crippen molar-refractivity contribution in [2.24, 2.45) is 0 Å². The van der Waals surface area contributed by atoms with Crippen LogP contribution in [0, 0.1) is 0 Å². The molecule has 0 atom stereocenters. The molecule has 0 spiro atoms. The largest absolute Gasteiger partial charge is 0.311 e. The summed E-state index contributed by atoms with van der Waals surface area (Å²) in [6.07, 6.45) is 0. The lowest BCUT2D eigenvalue weighted by Crippen LogP contribution is -2.74. The molecular weight excluding hydrogens is 1010 g/mol. The standard InChI is InChI=1S/C78H53N3Si/c1-5-19-60(20-6-1)80-74-30-16-13-27-68(74)71-51-58(41-50-77(71)80)56-35-44-62(45-36-56)79(63-46-37-57(38-47-63)59-52-72-69-28-14-17-31-75(69)81-76-32-18-15-29-70(76)73(53-59)78(72)81)61-42-33-54(34-43-61)55-39-48-67(49-40-55)82(64-21-7-2-8-22-64,65-23-9-3-10-24-65)66-25-11-4-12-26-66/h1-53H. The normalized spacial score (nSPS) is 11.9. The van der Waals surface area contributed by atoms with E-state index in [1.54, 1.807) is 0 Å². The molecule has 0 aliphatic carbocycles. The van der Waals surface area contributed by atoms with E-state index >= 15 is 0 Å². The Kier molecular flexibility index (Phi) is 11.2. The molecule has 3 nitrogen and oxygen atoms in total. The van der Waals surface area contributed by atoms with Crippen LogP contribution >= 0.6 is 0 Å². The molecule has 0 aliphatic rings. The summed E-state index contributed by atoms with van der Waals surface area (Å²) in [5.74, 6) is 0. The van der Waals surface area contributed by atoms with Crippen LogP contribution in [-0.2, 0) is 0 Å². The first-order valence-electron chi connectivity index (χ1n) is 28.3. The van der Waals surface area contributed by atoms with E-state index in [0.29, 0.717) is 0 Å². The lowest BCUT2D eigenvalue weighted by molar-refractivity contribution is 1.18. The molecule has 0 aliphatic heterocycles. The maximum Gasteiger partial charge on any atom is 0.179 e. The number of anilines is 3. The van der Waals surface area contributed by atoms with Gasteiger partial charge in [0.2, 0.25) is 0 Å². The van der Waals surface area contributed by atoms with Gasteiger partial charge in [-0.05, 0) is 145 Å². The third-order valence-corrected chi connectivity index (χ3v) is 22.0. The predicted octanol–water partition coefficient (Wildman–Crippen LogP) is 17.8. The topological polar surface area (TPSA) is 12.6 Å². The molecule has 0 saturated carbocycles. The van der Waals surface area contributed by atoms with E-state index in [1.165, 1.54) is 114 Å². The van der Waals surface area contributed by atoms with Crippen LogP contribution in [0.2, 0.25) is 0 Å². The second kappa shape index (κ2) is 19.4. The first-order valence-corrected chi connectivity index (χ1v) is 30.3. The van der Waals surface area contributed by atoms with Crippen LogP contribution in [-0.4, -0.2) is 17.0 Å². The van der Waals surface area contributed by atoms with E-state index in [2.05, 4.69) is 335 Å². The minimum absolute atomic E-state index is 1.08. The SMILES string of the molecule is c1ccc(-n2c3ccccc3c3cc(-c4ccc(N(c5ccc(-c6ccc([Si](c7ccccc7)(c7ccccc7)c7ccccc7)cc6)cc5)c5ccc(-c6cc7c8ccccc8n8c9ccccc9c(c6)c78)cc5)cc4)ccc32)cc1. The Labute approximate surface area is 477 Å². The van der Waals surface area contributed by atoms with Crippen molar-refractivity contribution >= 4 is 106 Å². The highest BCUT2D eigenvalue weighted by molar-refractivity contribution is 7.19. The summed E-state index contributed by atoms with van der Waals surface area (Å²) >= 11 is 0. The van der Waals surface area contributed by atoms with Crippen molar-refractivity contribution in [3.63, 3.8) is 0 Å². The number of aromatic nitrogens is 2. The highest BCUT2D eigenvalue weighted by Crippen LogP contribution is 2.44. The molecule has 82 heavy (non-hydrogen) atoms. The zero-order chi connectivity index (χ0) is 54.1. The second-order valence-electron chi connectivity index (χ2n) is 21.6. The molecule has 0 fully saturated rings. The first-order chi connectivity index (χ1) is 40.7. The molecule has 16 rings (SSSR count). The van der Waals surface area contributed by atoms with Crippen LogP contribution in [0.25, 0.3) is 99.0 Å². The molecule has 0 radical (unpaired) electrons. The summed E-state index contributed by atoms with van der Waals surface area (Å²) in [4.78, 5) is 2.39. The second-order valence-corrected chi connectivity index (χ2v) is 25.4. The minimum Gasteiger partial charge on any atom is -0.311 e. The van der Waals surface area contributed by atoms with Crippen molar-refractivity contribution in [1.82, 2.24) is 8.97 Å². The van der Waals surface area contributed by atoms with Gasteiger partial charge in [0.25, 0.3) is 0 Å². The van der Waals surface area contributed by atoms with Gasteiger partial charge in [0.15, 0.2) is 8.07 Å². The number of rotatable bonds is 11. The van der Waals surface area contributed by atoms with E-state index in [-0.39, 0.29) is 0 Å². The highest BCUT2D eigenvalue weighted by Gasteiger charge is 2.41. The van der Waals surface area contributed by atoms with Crippen molar-refractivity contribution in [2.45, 2.75) is 0 Å². The van der Waals surface area contributed by atoms with Gasteiger partial charge < -0.3 is 13.9 Å². The number of hydrogen-bond donors (Lipinski definition) is 0. The van der Waals surface area contributed by atoms with Gasteiger partial charge in [-0.2, -0.15) is 0 Å². The number of benzene rings is 13. The molecule has 13 aromatic carbocycles. The van der Waals surface area contributed by atoms with E-state index in [1.807, 2.05) is 0 Å². The maximum atomic E-state index is 2.45. The van der Waals surface area contributed by atoms with Crippen LogP contribution in [0.15, 0.2) is 322 Å². The fourth-order valence-corrected chi connectivity index (χ4v) is 18.2. The first kappa shape index (κ1) is 47.5. The summed E-state index contributed by atoms with van der Waals surface area (Å²) in [5.41, 5.74) is 17.7. The van der Waals surface area contributed by atoms with Crippen molar-refractivity contribution in [2.75, 3.05) is 4.90 Å². The fourth-order valence-electron chi connectivity index (χ4n) is 13.5. The van der Waals surface area contributed by atoms with Crippen molar-refractivity contribution < 1.29 is 0 Å². The Bertz CT molecular complexity index is 4790. The van der Waals surface area contributed by atoms with Crippen LogP contribution in [0.3, 0.4) is 0 Å². The van der Waals surface area contributed by atoms with Gasteiger partial charge in [0.1, 0.15) is 0 Å². The van der Waals surface area contributed by atoms with Crippen molar-refractivity contribution in [1.29, 1.82) is 0 Å².